The number of anilines is 1. The van der Waals surface area contributed by atoms with Crippen molar-refractivity contribution in [2.45, 2.75) is 82.2 Å². The lowest BCUT2D eigenvalue weighted by Gasteiger charge is -2.40. The number of fused-ring (bicyclic) bond motifs is 1. The summed E-state index contributed by atoms with van der Waals surface area (Å²) < 4.78 is 6.38. The molecule has 1 spiro atoms. The number of hydrogen-bond acceptors (Lipinski definition) is 4. The van der Waals surface area contributed by atoms with E-state index in [1.807, 2.05) is 32.9 Å². The van der Waals surface area contributed by atoms with E-state index in [0.29, 0.717) is 10.7 Å². The molecule has 7 nitrogen and oxygen atoms in total. The van der Waals surface area contributed by atoms with E-state index < -0.39 is 35.1 Å². The number of halogens is 1. The van der Waals surface area contributed by atoms with Gasteiger partial charge >= 0.3 is 0 Å². The fourth-order valence-corrected chi connectivity index (χ4v) is 6.30. The van der Waals surface area contributed by atoms with Gasteiger partial charge in [0.2, 0.25) is 17.7 Å². The highest BCUT2D eigenvalue weighted by molar-refractivity contribution is 6.30. The molecule has 5 rings (SSSR count). The van der Waals surface area contributed by atoms with Crippen molar-refractivity contribution < 1.29 is 19.1 Å². The fourth-order valence-electron chi connectivity index (χ4n) is 6.18. The van der Waals surface area contributed by atoms with Crippen molar-refractivity contribution in [2.24, 2.45) is 11.8 Å². The third-order valence-electron chi connectivity index (χ3n) is 7.61. The van der Waals surface area contributed by atoms with Crippen LogP contribution < -0.4 is 10.6 Å². The predicted octanol–water partition coefficient (Wildman–Crippen LogP) is 3.68. The molecule has 3 fully saturated rings. The van der Waals surface area contributed by atoms with Crippen LogP contribution in [0.1, 0.15) is 52.9 Å². The van der Waals surface area contributed by atoms with Crippen molar-refractivity contribution in [1.29, 1.82) is 0 Å². The second-order valence-corrected chi connectivity index (χ2v) is 11.4. The van der Waals surface area contributed by atoms with Gasteiger partial charge in [0.1, 0.15) is 11.6 Å². The predicted molar refractivity (Wildman–Crippen MR) is 129 cm³/mol. The van der Waals surface area contributed by atoms with Gasteiger partial charge in [-0.15, -0.1) is 0 Å². The Kier molecular flexibility index (Phi) is 5.76. The molecule has 0 radical (unpaired) electrons. The van der Waals surface area contributed by atoms with Crippen LogP contribution in [0.3, 0.4) is 0 Å². The van der Waals surface area contributed by atoms with E-state index >= 15 is 0 Å². The number of ether oxygens (including phenoxy) is 1. The number of nitrogens with zero attached hydrogens (tertiary/aromatic N) is 1. The van der Waals surface area contributed by atoms with E-state index in [4.69, 9.17) is 16.3 Å². The van der Waals surface area contributed by atoms with Gasteiger partial charge in [-0.2, -0.15) is 0 Å². The molecule has 4 aliphatic rings. The maximum absolute atomic E-state index is 13.9. The molecule has 3 aliphatic heterocycles. The molecule has 5 atom stereocenters. The standard InChI is InChI=1S/C26H32ClN3O4/c1-25(2,3)30-21(23(32)29-16-7-5-4-6-8-16)26-14-13-18(34-26)19(20(26)24(30)33)22(31)28-17-11-9-15(27)10-12-17/h9-14,16,18-21H,4-8H2,1-3H3,(H,28,31)(H,29,32)/t18-,19+,20-,21+,26+/m1/s1. The molecule has 2 bridgehead atoms. The third kappa shape index (κ3) is 3.73. The third-order valence-corrected chi connectivity index (χ3v) is 7.86. The average Bonchev–Trinajstić information content (AvgIpc) is 3.43. The molecule has 1 saturated carbocycles. The number of carbonyl (C=O) groups excluding carboxylic acids is 3. The maximum Gasteiger partial charge on any atom is 0.246 e. The fraction of sp³-hybridized carbons (Fsp3) is 0.577. The van der Waals surface area contributed by atoms with Crippen LogP contribution in [0.5, 0.6) is 0 Å². The van der Waals surface area contributed by atoms with Gasteiger partial charge in [-0.05, 0) is 57.9 Å². The van der Waals surface area contributed by atoms with Gasteiger partial charge in [-0.1, -0.05) is 43.0 Å². The monoisotopic (exact) mass is 485 g/mol. The summed E-state index contributed by atoms with van der Waals surface area (Å²) in [7, 11) is 0. The molecule has 182 valence electrons. The quantitative estimate of drug-likeness (QED) is 0.637. The van der Waals surface area contributed by atoms with E-state index in [-0.39, 0.29) is 23.8 Å². The average molecular weight is 486 g/mol. The summed E-state index contributed by atoms with van der Waals surface area (Å²) in [4.78, 5) is 42.6. The Bertz CT molecular complexity index is 1030. The minimum absolute atomic E-state index is 0.111. The van der Waals surface area contributed by atoms with Crippen LogP contribution in [-0.2, 0) is 19.1 Å². The van der Waals surface area contributed by atoms with E-state index in [1.165, 1.54) is 6.42 Å². The number of likely N-dealkylation sites (tertiary alicyclic amines) is 1. The summed E-state index contributed by atoms with van der Waals surface area (Å²) in [5.74, 6) is -2.16. The van der Waals surface area contributed by atoms with Crippen LogP contribution in [0.2, 0.25) is 5.02 Å². The zero-order valence-electron chi connectivity index (χ0n) is 19.8. The number of rotatable bonds is 4. The zero-order chi connectivity index (χ0) is 24.3. The molecular formula is C26H32ClN3O4. The van der Waals surface area contributed by atoms with Gasteiger partial charge in [-0.3, -0.25) is 14.4 Å². The second kappa shape index (κ2) is 8.38. The van der Waals surface area contributed by atoms with Gasteiger partial charge < -0.3 is 20.3 Å². The first-order valence-corrected chi connectivity index (χ1v) is 12.6. The van der Waals surface area contributed by atoms with Crippen molar-refractivity contribution >= 4 is 35.0 Å². The Morgan fingerprint density at radius 1 is 1.09 bits per heavy atom. The van der Waals surface area contributed by atoms with Gasteiger partial charge in [0.15, 0.2) is 0 Å². The highest BCUT2D eigenvalue weighted by atomic mass is 35.5. The molecule has 0 aromatic heterocycles. The number of amides is 3. The second-order valence-electron chi connectivity index (χ2n) is 10.9. The smallest absolute Gasteiger partial charge is 0.246 e. The maximum atomic E-state index is 13.9. The Morgan fingerprint density at radius 2 is 1.76 bits per heavy atom. The Morgan fingerprint density at radius 3 is 2.41 bits per heavy atom. The number of carbonyl (C=O) groups is 3. The normalized spacial score (nSPS) is 32.7. The first-order chi connectivity index (χ1) is 16.1. The Balaban J connectivity index is 1.46. The minimum atomic E-state index is -1.14. The Labute approximate surface area is 205 Å². The highest BCUT2D eigenvalue weighted by Crippen LogP contribution is 2.56. The summed E-state index contributed by atoms with van der Waals surface area (Å²) in [6.45, 7) is 5.76. The van der Waals surface area contributed by atoms with Crippen molar-refractivity contribution in [2.75, 3.05) is 5.32 Å². The van der Waals surface area contributed by atoms with Crippen LogP contribution in [0, 0.1) is 11.8 Å². The molecule has 3 heterocycles. The van der Waals surface area contributed by atoms with Crippen molar-refractivity contribution in [3.8, 4) is 0 Å². The van der Waals surface area contributed by atoms with Gasteiger partial charge in [0, 0.05) is 22.3 Å². The molecular weight excluding hydrogens is 454 g/mol. The summed E-state index contributed by atoms with van der Waals surface area (Å²) in [6, 6.07) is 6.13. The molecule has 3 amide bonds. The Hall–Kier alpha value is -2.38. The van der Waals surface area contributed by atoms with E-state index in [1.54, 1.807) is 29.2 Å². The van der Waals surface area contributed by atoms with Crippen molar-refractivity contribution in [1.82, 2.24) is 10.2 Å². The van der Waals surface area contributed by atoms with Crippen LogP contribution in [0.4, 0.5) is 5.69 Å². The van der Waals surface area contributed by atoms with E-state index in [9.17, 15) is 14.4 Å². The van der Waals surface area contributed by atoms with Crippen LogP contribution in [-0.4, -0.2) is 51.9 Å². The topological polar surface area (TPSA) is 87.7 Å². The summed E-state index contributed by atoms with van der Waals surface area (Å²) in [5.41, 5.74) is -1.16. The lowest BCUT2D eigenvalue weighted by atomic mass is 9.74. The lowest BCUT2D eigenvalue weighted by molar-refractivity contribution is -0.146. The molecule has 2 N–H and O–H groups in total. The van der Waals surface area contributed by atoms with Gasteiger partial charge in [0.25, 0.3) is 0 Å². The first kappa shape index (κ1) is 23.4. The molecule has 34 heavy (non-hydrogen) atoms. The van der Waals surface area contributed by atoms with E-state index in [0.717, 1.165) is 25.7 Å². The number of hydrogen-bond donors (Lipinski definition) is 2. The molecule has 8 heteroatoms. The van der Waals surface area contributed by atoms with Gasteiger partial charge in [0.05, 0.1) is 17.9 Å². The molecule has 1 aromatic carbocycles. The lowest BCUT2D eigenvalue weighted by Crippen LogP contribution is -2.60. The van der Waals surface area contributed by atoms with Crippen LogP contribution in [0.25, 0.3) is 0 Å². The number of nitrogens with one attached hydrogen (secondary N) is 2. The SMILES string of the molecule is CC(C)(C)N1C(=O)[C@H]2[C@@H](C(=O)Nc3ccc(Cl)cc3)[C@H]3C=C[C@@]2(O3)[C@@H]1C(=O)NC1CCCCC1. The molecule has 0 unspecified atom stereocenters. The molecule has 1 aromatic rings. The largest absolute Gasteiger partial charge is 0.359 e. The first-order valence-electron chi connectivity index (χ1n) is 12.2. The van der Waals surface area contributed by atoms with E-state index in [2.05, 4.69) is 10.6 Å². The summed E-state index contributed by atoms with van der Waals surface area (Å²) >= 11 is 5.96. The van der Waals surface area contributed by atoms with Crippen molar-refractivity contribution in [3.63, 3.8) is 0 Å². The number of benzene rings is 1. The van der Waals surface area contributed by atoms with Crippen molar-refractivity contribution in [3.05, 3.63) is 41.4 Å². The highest BCUT2D eigenvalue weighted by Gasteiger charge is 2.73. The summed E-state index contributed by atoms with van der Waals surface area (Å²) in [5, 5.41) is 6.68. The minimum Gasteiger partial charge on any atom is -0.359 e. The van der Waals surface area contributed by atoms with Gasteiger partial charge in [-0.25, -0.2) is 0 Å². The summed E-state index contributed by atoms with van der Waals surface area (Å²) in [6.07, 6.45) is 8.41. The molecule has 2 saturated heterocycles. The van der Waals surface area contributed by atoms with Crippen LogP contribution in [0.15, 0.2) is 36.4 Å². The zero-order valence-corrected chi connectivity index (χ0v) is 20.6. The van der Waals surface area contributed by atoms with Crippen LogP contribution >= 0.6 is 11.6 Å². The molecule has 1 aliphatic carbocycles.